The van der Waals surface area contributed by atoms with Gasteiger partial charge in [0.25, 0.3) is 0 Å². The summed E-state index contributed by atoms with van der Waals surface area (Å²) in [5.41, 5.74) is 3.50. The molecule has 0 unspecified atom stereocenters. The van der Waals surface area contributed by atoms with Crippen molar-refractivity contribution in [1.82, 2.24) is 0 Å². The highest BCUT2D eigenvalue weighted by atomic mass is 79.9. The zero-order valence-corrected chi connectivity index (χ0v) is 14.9. The van der Waals surface area contributed by atoms with Crippen molar-refractivity contribution in [3.63, 3.8) is 0 Å². The number of aryl methyl sites for hydroxylation is 1. The molecule has 3 rings (SSSR count). The van der Waals surface area contributed by atoms with Crippen LogP contribution in [0.5, 0.6) is 0 Å². The van der Waals surface area contributed by atoms with E-state index in [1.165, 1.54) is 0 Å². The lowest BCUT2D eigenvalue weighted by Crippen LogP contribution is -2.13. The Morgan fingerprint density at radius 3 is 1.92 bits per heavy atom. The van der Waals surface area contributed by atoms with Gasteiger partial charge in [-0.3, -0.25) is 0 Å². The van der Waals surface area contributed by atoms with Gasteiger partial charge in [-0.2, -0.15) is 0 Å². The maximum Gasteiger partial charge on any atom is 0.339 e. The van der Waals surface area contributed by atoms with Crippen molar-refractivity contribution < 1.29 is 9.53 Å². The first-order valence-corrected chi connectivity index (χ1v) is 8.51. The zero-order valence-electron chi connectivity index (χ0n) is 13.3. The van der Waals surface area contributed by atoms with Gasteiger partial charge in [0.15, 0.2) is 6.10 Å². The molecular formula is C21H17BrO2. The number of hydrogen-bond acceptors (Lipinski definition) is 2. The summed E-state index contributed by atoms with van der Waals surface area (Å²) in [6, 6.07) is 25.0. The minimum absolute atomic E-state index is 0.339. The molecule has 0 atom stereocenters. The molecule has 0 radical (unpaired) electrons. The molecule has 24 heavy (non-hydrogen) atoms. The van der Waals surface area contributed by atoms with E-state index in [1.54, 1.807) is 12.1 Å². The second-order valence-corrected chi connectivity index (χ2v) is 6.43. The highest BCUT2D eigenvalue weighted by Gasteiger charge is 2.20. The number of hydrogen-bond donors (Lipinski definition) is 0. The number of carbonyl (C=O) groups excluding carboxylic acids is 1. The molecule has 0 fully saturated rings. The van der Waals surface area contributed by atoms with Crippen LogP contribution in [0.25, 0.3) is 0 Å². The lowest BCUT2D eigenvalue weighted by molar-refractivity contribution is 0.0378. The molecule has 3 aromatic carbocycles. The quantitative estimate of drug-likeness (QED) is 0.542. The minimum atomic E-state index is -0.431. The van der Waals surface area contributed by atoms with Gasteiger partial charge in [0.05, 0.1) is 5.56 Å². The van der Waals surface area contributed by atoms with Crippen LogP contribution in [-0.4, -0.2) is 5.97 Å². The SMILES string of the molecule is Cc1ccc(C(=O)OC(c2ccccc2)c2ccccc2)cc1Br. The van der Waals surface area contributed by atoms with Crippen LogP contribution < -0.4 is 0 Å². The molecular weight excluding hydrogens is 364 g/mol. The third-order valence-corrected chi connectivity index (χ3v) is 4.69. The molecule has 0 aliphatic rings. The first-order valence-electron chi connectivity index (χ1n) is 7.72. The van der Waals surface area contributed by atoms with E-state index in [0.29, 0.717) is 5.56 Å². The average Bonchev–Trinajstić information content (AvgIpc) is 2.63. The van der Waals surface area contributed by atoms with Gasteiger partial charge in [-0.15, -0.1) is 0 Å². The Labute approximate surface area is 150 Å². The fourth-order valence-corrected chi connectivity index (χ4v) is 2.86. The summed E-state index contributed by atoms with van der Waals surface area (Å²) in [5, 5.41) is 0. The Bertz CT molecular complexity index is 789. The standard InChI is InChI=1S/C21H17BrO2/c1-15-12-13-18(14-19(15)22)21(23)24-20(16-8-4-2-5-9-16)17-10-6-3-7-11-17/h2-14,20H,1H3. The number of benzene rings is 3. The monoisotopic (exact) mass is 380 g/mol. The number of carbonyl (C=O) groups is 1. The summed E-state index contributed by atoms with van der Waals surface area (Å²) >= 11 is 3.46. The van der Waals surface area contributed by atoms with Crippen LogP contribution in [0.2, 0.25) is 0 Å². The summed E-state index contributed by atoms with van der Waals surface area (Å²) in [5.74, 6) is -0.339. The van der Waals surface area contributed by atoms with Crippen molar-refractivity contribution in [2.45, 2.75) is 13.0 Å². The molecule has 0 saturated carbocycles. The van der Waals surface area contributed by atoms with Crippen molar-refractivity contribution in [3.05, 3.63) is 106 Å². The van der Waals surface area contributed by atoms with Gasteiger partial charge >= 0.3 is 5.97 Å². The fraction of sp³-hybridized carbons (Fsp3) is 0.0952. The van der Waals surface area contributed by atoms with Crippen molar-refractivity contribution in [3.8, 4) is 0 Å². The first kappa shape index (κ1) is 16.5. The third-order valence-electron chi connectivity index (χ3n) is 3.84. The van der Waals surface area contributed by atoms with Crippen LogP contribution in [0.4, 0.5) is 0 Å². The Hall–Kier alpha value is -2.39. The summed E-state index contributed by atoms with van der Waals surface area (Å²) in [6.07, 6.45) is -0.431. The van der Waals surface area contributed by atoms with E-state index in [9.17, 15) is 4.79 Å². The number of halogens is 1. The van der Waals surface area contributed by atoms with Crippen molar-refractivity contribution in [1.29, 1.82) is 0 Å². The molecule has 120 valence electrons. The summed E-state index contributed by atoms with van der Waals surface area (Å²) in [4.78, 5) is 12.6. The molecule has 3 heteroatoms. The van der Waals surface area contributed by atoms with Crippen LogP contribution in [-0.2, 0) is 4.74 Å². The minimum Gasteiger partial charge on any atom is -0.449 e. The topological polar surface area (TPSA) is 26.3 Å². The first-order chi connectivity index (χ1) is 11.6. The van der Waals surface area contributed by atoms with Crippen LogP contribution in [0, 0.1) is 6.92 Å². The maximum absolute atomic E-state index is 12.6. The van der Waals surface area contributed by atoms with Gasteiger partial charge < -0.3 is 4.74 Å². The molecule has 0 spiro atoms. The molecule has 0 amide bonds. The lowest BCUT2D eigenvalue weighted by atomic mass is 10.0. The molecule has 0 aromatic heterocycles. The van der Waals surface area contributed by atoms with E-state index in [4.69, 9.17) is 4.74 Å². The smallest absolute Gasteiger partial charge is 0.339 e. The average molecular weight is 381 g/mol. The summed E-state index contributed by atoms with van der Waals surface area (Å²) in [7, 11) is 0. The van der Waals surface area contributed by atoms with E-state index in [0.717, 1.165) is 21.2 Å². The van der Waals surface area contributed by atoms with E-state index >= 15 is 0 Å². The van der Waals surface area contributed by atoms with Crippen LogP contribution >= 0.6 is 15.9 Å². The lowest BCUT2D eigenvalue weighted by Gasteiger charge is -2.19. The van der Waals surface area contributed by atoms with Crippen LogP contribution in [0.3, 0.4) is 0 Å². The van der Waals surface area contributed by atoms with Gasteiger partial charge in [-0.1, -0.05) is 82.7 Å². The highest BCUT2D eigenvalue weighted by molar-refractivity contribution is 9.10. The van der Waals surface area contributed by atoms with E-state index in [1.807, 2.05) is 73.7 Å². The third kappa shape index (κ3) is 3.74. The largest absolute Gasteiger partial charge is 0.449 e. The summed E-state index contributed by atoms with van der Waals surface area (Å²) < 4.78 is 6.74. The van der Waals surface area contributed by atoms with Crippen molar-refractivity contribution in [2.24, 2.45) is 0 Å². The van der Waals surface area contributed by atoms with Crippen LogP contribution in [0.1, 0.15) is 33.2 Å². The number of esters is 1. The van der Waals surface area contributed by atoms with Gasteiger partial charge in [-0.05, 0) is 35.7 Å². The predicted molar refractivity (Wildman–Crippen MR) is 99.0 cm³/mol. The molecule has 0 aliphatic heterocycles. The maximum atomic E-state index is 12.6. The molecule has 3 aromatic rings. The molecule has 0 aliphatic carbocycles. The Morgan fingerprint density at radius 2 is 1.42 bits per heavy atom. The van der Waals surface area contributed by atoms with E-state index in [-0.39, 0.29) is 5.97 Å². The molecule has 0 N–H and O–H groups in total. The van der Waals surface area contributed by atoms with Crippen molar-refractivity contribution in [2.75, 3.05) is 0 Å². The van der Waals surface area contributed by atoms with E-state index in [2.05, 4.69) is 15.9 Å². The van der Waals surface area contributed by atoms with Crippen molar-refractivity contribution >= 4 is 21.9 Å². The molecule has 0 saturated heterocycles. The zero-order chi connectivity index (χ0) is 16.9. The van der Waals surface area contributed by atoms with Gasteiger partial charge in [0.1, 0.15) is 0 Å². The van der Waals surface area contributed by atoms with Crippen LogP contribution in [0.15, 0.2) is 83.3 Å². The molecule has 2 nitrogen and oxygen atoms in total. The van der Waals surface area contributed by atoms with Gasteiger partial charge in [-0.25, -0.2) is 4.79 Å². The second-order valence-electron chi connectivity index (χ2n) is 5.57. The summed E-state index contributed by atoms with van der Waals surface area (Å²) in [6.45, 7) is 1.98. The Balaban J connectivity index is 1.92. The molecule has 0 bridgehead atoms. The predicted octanol–water partition coefficient (Wildman–Crippen LogP) is 5.70. The van der Waals surface area contributed by atoms with E-state index < -0.39 is 6.10 Å². The number of rotatable bonds is 4. The Kier molecular flexibility index (Phi) is 5.11. The second kappa shape index (κ2) is 7.45. The fourth-order valence-electron chi connectivity index (χ4n) is 2.48. The number of ether oxygens (including phenoxy) is 1. The Morgan fingerprint density at radius 1 is 0.875 bits per heavy atom. The van der Waals surface area contributed by atoms with Gasteiger partial charge in [0.2, 0.25) is 0 Å². The molecule has 0 heterocycles. The van der Waals surface area contributed by atoms with Gasteiger partial charge in [0, 0.05) is 4.47 Å². The highest BCUT2D eigenvalue weighted by Crippen LogP contribution is 2.27. The normalized spacial score (nSPS) is 10.6.